The molecule has 0 aromatic carbocycles. The molecule has 140 valence electrons. The van der Waals surface area contributed by atoms with Crippen LogP contribution in [0.1, 0.15) is 27.7 Å². The number of hydrogen-bond donors (Lipinski definition) is 0. The fraction of sp³-hybridized carbons (Fsp3) is 0.529. The summed E-state index contributed by atoms with van der Waals surface area (Å²) < 4.78 is 20.1. The molecular formula is C17H24O8. The molecule has 0 radical (unpaired) electrons. The van der Waals surface area contributed by atoms with Crippen molar-refractivity contribution in [2.45, 2.75) is 27.7 Å². The van der Waals surface area contributed by atoms with Crippen LogP contribution < -0.4 is 0 Å². The van der Waals surface area contributed by atoms with Crippen LogP contribution in [0.25, 0.3) is 0 Å². The van der Waals surface area contributed by atoms with E-state index in [0.717, 1.165) is 0 Å². The van der Waals surface area contributed by atoms with Crippen LogP contribution in [0.3, 0.4) is 0 Å². The SMILES string of the molecule is C=C(C)C(=O)OCC(COC(C)=O)(COC(C)=O)COC(=O)C(=C)C. The zero-order valence-electron chi connectivity index (χ0n) is 15.0. The number of hydrogen-bond acceptors (Lipinski definition) is 8. The van der Waals surface area contributed by atoms with Gasteiger partial charge in [0.05, 0.1) is 0 Å². The molecule has 0 aromatic heterocycles. The van der Waals surface area contributed by atoms with Crippen molar-refractivity contribution in [3.05, 3.63) is 24.3 Å². The number of esters is 4. The third-order valence-corrected chi connectivity index (χ3v) is 2.88. The number of rotatable bonds is 10. The second-order valence-electron chi connectivity index (χ2n) is 5.77. The summed E-state index contributed by atoms with van der Waals surface area (Å²) in [5.41, 5.74) is -0.936. The summed E-state index contributed by atoms with van der Waals surface area (Å²) in [6.07, 6.45) is 0. The molecule has 8 nitrogen and oxygen atoms in total. The maximum atomic E-state index is 11.7. The van der Waals surface area contributed by atoms with E-state index >= 15 is 0 Å². The van der Waals surface area contributed by atoms with Gasteiger partial charge in [0.2, 0.25) is 0 Å². The van der Waals surface area contributed by atoms with Crippen molar-refractivity contribution in [3.63, 3.8) is 0 Å². The lowest BCUT2D eigenvalue weighted by Crippen LogP contribution is -2.43. The van der Waals surface area contributed by atoms with Crippen LogP contribution in [0, 0.1) is 5.41 Å². The Morgan fingerprint density at radius 1 is 0.640 bits per heavy atom. The normalized spacial score (nSPS) is 10.4. The van der Waals surface area contributed by atoms with Gasteiger partial charge in [0.1, 0.15) is 31.8 Å². The molecule has 8 heteroatoms. The molecule has 0 bridgehead atoms. The van der Waals surface area contributed by atoms with Gasteiger partial charge in [-0.25, -0.2) is 9.59 Å². The quantitative estimate of drug-likeness (QED) is 0.328. The highest BCUT2D eigenvalue weighted by Gasteiger charge is 2.37. The van der Waals surface area contributed by atoms with E-state index in [2.05, 4.69) is 13.2 Å². The molecule has 0 aliphatic heterocycles. The molecule has 0 saturated carbocycles. The van der Waals surface area contributed by atoms with Crippen molar-refractivity contribution in [3.8, 4) is 0 Å². The van der Waals surface area contributed by atoms with Gasteiger partial charge < -0.3 is 18.9 Å². The minimum atomic E-state index is -1.26. The van der Waals surface area contributed by atoms with Gasteiger partial charge in [-0.15, -0.1) is 0 Å². The largest absolute Gasteiger partial charge is 0.465 e. The molecule has 0 heterocycles. The average molecular weight is 356 g/mol. The Hall–Kier alpha value is -2.64. The number of carbonyl (C=O) groups is 4. The molecule has 0 rings (SSSR count). The monoisotopic (exact) mass is 356 g/mol. The van der Waals surface area contributed by atoms with E-state index in [0.29, 0.717) is 0 Å². The Balaban J connectivity index is 5.34. The first-order valence-electron chi connectivity index (χ1n) is 7.41. The molecule has 0 aliphatic rings. The highest BCUT2D eigenvalue weighted by molar-refractivity contribution is 5.87. The molecule has 0 unspecified atom stereocenters. The molecule has 25 heavy (non-hydrogen) atoms. The van der Waals surface area contributed by atoms with Crippen molar-refractivity contribution < 1.29 is 38.1 Å². The molecule has 0 saturated heterocycles. The molecular weight excluding hydrogens is 332 g/mol. The summed E-state index contributed by atoms with van der Waals surface area (Å²) in [6, 6.07) is 0. The number of ether oxygens (including phenoxy) is 4. The van der Waals surface area contributed by atoms with Gasteiger partial charge in [-0.2, -0.15) is 0 Å². The van der Waals surface area contributed by atoms with E-state index in [4.69, 9.17) is 18.9 Å². The Morgan fingerprint density at radius 2 is 0.920 bits per heavy atom. The molecule has 0 amide bonds. The van der Waals surface area contributed by atoms with E-state index in [1.54, 1.807) is 0 Å². The van der Waals surface area contributed by atoms with Gasteiger partial charge in [0, 0.05) is 25.0 Å². The van der Waals surface area contributed by atoms with E-state index in [-0.39, 0.29) is 37.6 Å². The molecule has 0 N–H and O–H groups in total. The van der Waals surface area contributed by atoms with Crippen LogP contribution in [0.5, 0.6) is 0 Å². The minimum Gasteiger partial charge on any atom is -0.465 e. The van der Waals surface area contributed by atoms with Crippen molar-refractivity contribution in [2.75, 3.05) is 26.4 Å². The second-order valence-corrected chi connectivity index (χ2v) is 5.77. The van der Waals surface area contributed by atoms with E-state index in [1.165, 1.54) is 27.7 Å². The second kappa shape index (κ2) is 10.3. The Kier molecular flexibility index (Phi) is 9.19. The fourth-order valence-electron chi connectivity index (χ4n) is 1.44. The maximum absolute atomic E-state index is 11.7. The predicted octanol–water partition coefficient (Wildman–Crippen LogP) is 1.34. The van der Waals surface area contributed by atoms with Gasteiger partial charge in [-0.3, -0.25) is 9.59 Å². The third kappa shape index (κ3) is 9.29. The lowest BCUT2D eigenvalue weighted by Gasteiger charge is -2.31. The lowest BCUT2D eigenvalue weighted by molar-refractivity contribution is -0.166. The minimum absolute atomic E-state index is 0.160. The van der Waals surface area contributed by atoms with Crippen LogP contribution in [0.2, 0.25) is 0 Å². The van der Waals surface area contributed by atoms with Crippen LogP contribution in [-0.2, 0) is 38.1 Å². The van der Waals surface area contributed by atoms with Crippen LogP contribution >= 0.6 is 0 Å². The predicted molar refractivity (Wildman–Crippen MR) is 87.2 cm³/mol. The van der Waals surface area contributed by atoms with E-state index in [1.807, 2.05) is 0 Å². The molecule has 0 spiro atoms. The summed E-state index contributed by atoms with van der Waals surface area (Å²) in [5, 5.41) is 0. The highest BCUT2D eigenvalue weighted by atomic mass is 16.6. The average Bonchev–Trinajstić information content (AvgIpc) is 2.52. The van der Waals surface area contributed by atoms with Crippen molar-refractivity contribution >= 4 is 23.9 Å². The first kappa shape index (κ1) is 22.4. The van der Waals surface area contributed by atoms with E-state index < -0.39 is 29.3 Å². The van der Waals surface area contributed by atoms with Crippen molar-refractivity contribution in [1.29, 1.82) is 0 Å². The van der Waals surface area contributed by atoms with Gasteiger partial charge in [-0.05, 0) is 13.8 Å². The van der Waals surface area contributed by atoms with E-state index in [9.17, 15) is 19.2 Å². The molecule has 0 aliphatic carbocycles. The van der Waals surface area contributed by atoms with Crippen LogP contribution in [0.4, 0.5) is 0 Å². The molecule has 0 atom stereocenters. The standard InChI is InChI=1S/C17H24O8/c1-11(2)15(20)24-9-17(7-22-13(5)18,8-23-14(6)19)10-25-16(21)12(3)4/h1,3,7-10H2,2,4-6H3. The first-order chi connectivity index (χ1) is 11.5. The smallest absolute Gasteiger partial charge is 0.333 e. The molecule has 0 fully saturated rings. The van der Waals surface area contributed by atoms with Crippen molar-refractivity contribution in [2.24, 2.45) is 5.41 Å². The Morgan fingerprint density at radius 3 is 1.16 bits per heavy atom. The summed E-state index contributed by atoms with van der Waals surface area (Å²) >= 11 is 0. The zero-order valence-corrected chi connectivity index (χ0v) is 15.0. The zero-order chi connectivity index (χ0) is 19.6. The van der Waals surface area contributed by atoms with Gasteiger partial charge in [-0.1, -0.05) is 13.2 Å². The van der Waals surface area contributed by atoms with Gasteiger partial charge in [0.15, 0.2) is 0 Å². The summed E-state index contributed by atoms with van der Waals surface area (Å²) in [6.45, 7) is 11.0. The van der Waals surface area contributed by atoms with Crippen molar-refractivity contribution in [1.82, 2.24) is 0 Å². The summed E-state index contributed by atoms with van der Waals surface area (Å²) in [4.78, 5) is 45.6. The van der Waals surface area contributed by atoms with Gasteiger partial charge >= 0.3 is 23.9 Å². The first-order valence-corrected chi connectivity index (χ1v) is 7.41. The Bertz CT molecular complexity index is 511. The van der Waals surface area contributed by atoms with Crippen LogP contribution in [0.15, 0.2) is 24.3 Å². The van der Waals surface area contributed by atoms with Crippen LogP contribution in [-0.4, -0.2) is 50.3 Å². The summed E-state index contributed by atoms with van der Waals surface area (Å²) in [7, 11) is 0. The Labute approximate surface area is 146 Å². The molecule has 0 aromatic rings. The van der Waals surface area contributed by atoms with Gasteiger partial charge in [0.25, 0.3) is 0 Å². The lowest BCUT2D eigenvalue weighted by atomic mass is 9.92. The fourth-order valence-corrected chi connectivity index (χ4v) is 1.44. The highest BCUT2D eigenvalue weighted by Crippen LogP contribution is 2.22. The maximum Gasteiger partial charge on any atom is 0.333 e. The topological polar surface area (TPSA) is 105 Å². The number of carbonyl (C=O) groups excluding carboxylic acids is 4. The summed E-state index contributed by atoms with van der Waals surface area (Å²) in [5.74, 6) is -2.54. The third-order valence-electron chi connectivity index (χ3n) is 2.88.